The molecule has 0 aromatic carbocycles. The second-order valence-electron chi connectivity index (χ2n) is 9.87. The first kappa shape index (κ1) is 34.0. The van der Waals surface area contributed by atoms with Gasteiger partial charge in [0.25, 0.3) is 0 Å². The van der Waals surface area contributed by atoms with Gasteiger partial charge in [-0.25, -0.2) is 19.2 Å². The summed E-state index contributed by atoms with van der Waals surface area (Å²) in [5, 5.41) is 0. The van der Waals surface area contributed by atoms with Gasteiger partial charge in [0.1, 0.15) is 16.8 Å². The van der Waals surface area contributed by atoms with Gasteiger partial charge in [0, 0.05) is 29.7 Å². The first-order valence-corrected chi connectivity index (χ1v) is 11.2. The Bertz CT molecular complexity index is 781. The van der Waals surface area contributed by atoms with Crippen molar-refractivity contribution >= 4 is 23.9 Å². The van der Waals surface area contributed by atoms with Crippen molar-refractivity contribution in [3.05, 3.63) is 49.6 Å². The minimum absolute atomic E-state index is 0.183. The van der Waals surface area contributed by atoms with Gasteiger partial charge in [-0.3, -0.25) is 0 Å². The Balaban J connectivity index is 0. The summed E-state index contributed by atoms with van der Waals surface area (Å²) in [5.41, 5.74) is -1.24. The van der Waals surface area contributed by atoms with Crippen molar-refractivity contribution in [1.29, 1.82) is 0 Å². The highest BCUT2D eigenvalue weighted by Crippen LogP contribution is 2.25. The maximum absolute atomic E-state index is 11.3. The van der Waals surface area contributed by atoms with Crippen LogP contribution in [0.5, 0.6) is 0 Å². The highest BCUT2D eigenvalue weighted by molar-refractivity contribution is 5.87. The number of hydrogen-bond donors (Lipinski definition) is 0. The Morgan fingerprint density at radius 2 is 0.971 bits per heavy atom. The van der Waals surface area contributed by atoms with Gasteiger partial charge in [-0.1, -0.05) is 26.3 Å². The molecule has 0 fully saturated rings. The van der Waals surface area contributed by atoms with Gasteiger partial charge in [-0.15, -0.1) is 0 Å². The first-order chi connectivity index (χ1) is 15.8. The molecule has 8 nitrogen and oxygen atoms in total. The molecule has 0 aliphatic rings. The fraction of sp³-hybridized carbons (Fsp3) is 0.556. The van der Waals surface area contributed by atoms with E-state index in [4.69, 9.17) is 18.9 Å². The van der Waals surface area contributed by atoms with E-state index >= 15 is 0 Å². The van der Waals surface area contributed by atoms with E-state index in [1.807, 2.05) is 0 Å². The molecule has 0 saturated carbocycles. The fourth-order valence-corrected chi connectivity index (χ4v) is 2.23. The molecule has 35 heavy (non-hydrogen) atoms. The predicted octanol–water partition coefficient (Wildman–Crippen LogP) is 5.18. The fourth-order valence-electron chi connectivity index (χ4n) is 2.23. The summed E-state index contributed by atoms with van der Waals surface area (Å²) in [6, 6.07) is 0. The number of carbonyl (C=O) groups is 4. The Morgan fingerprint density at radius 3 is 1.29 bits per heavy atom. The van der Waals surface area contributed by atoms with Crippen molar-refractivity contribution in [3.8, 4) is 0 Å². The SMILES string of the molecule is C=C(C)C(=O)OCCC(C)(C)OC(=O)C(=C)C.C=CC(=O)OC(C)(C)CCC(C)(C)OC(=O)C=C. The van der Waals surface area contributed by atoms with Crippen LogP contribution >= 0.6 is 0 Å². The molecule has 0 atom stereocenters. The summed E-state index contributed by atoms with van der Waals surface area (Å²) in [7, 11) is 0. The molecule has 0 unspecified atom stereocenters. The zero-order valence-corrected chi connectivity index (χ0v) is 22.6. The average molecular weight is 495 g/mol. The molecule has 0 radical (unpaired) electrons. The third-order valence-corrected chi connectivity index (χ3v) is 4.42. The van der Waals surface area contributed by atoms with E-state index in [0.717, 1.165) is 12.2 Å². The Hall–Kier alpha value is -3.16. The van der Waals surface area contributed by atoms with Crippen LogP contribution in [0.4, 0.5) is 0 Å². The van der Waals surface area contributed by atoms with Gasteiger partial charge in [0.15, 0.2) is 0 Å². The van der Waals surface area contributed by atoms with Crippen molar-refractivity contribution in [2.45, 2.75) is 91.5 Å². The van der Waals surface area contributed by atoms with Crippen LogP contribution in [-0.2, 0) is 38.1 Å². The van der Waals surface area contributed by atoms with Crippen LogP contribution in [0.25, 0.3) is 0 Å². The van der Waals surface area contributed by atoms with Gasteiger partial charge >= 0.3 is 23.9 Å². The molecule has 0 heterocycles. The van der Waals surface area contributed by atoms with Crippen molar-refractivity contribution in [1.82, 2.24) is 0 Å². The monoisotopic (exact) mass is 494 g/mol. The molecule has 0 aromatic heterocycles. The lowest BCUT2D eigenvalue weighted by Gasteiger charge is -2.30. The highest BCUT2D eigenvalue weighted by Gasteiger charge is 2.29. The average Bonchev–Trinajstić information content (AvgIpc) is 2.71. The summed E-state index contributed by atoms with van der Waals surface area (Å²) >= 11 is 0. The zero-order chi connectivity index (χ0) is 28.0. The number of esters is 4. The van der Waals surface area contributed by atoms with Crippen LogP contribution in [0.3, 0.4) is 0 Å². The second-order valence-corrected chi connectivity index (χ2v) is 9.87. The standard InChI is InChI=1S/C14H22O4.C13H20O4/c1-7-11(15)17-13(3,4)9-10-14(5,6)18-12(16)8-2;1-9(2)11(14)16-8-7-13(5,6)17-12(15)10(3)4/h7-8H,1-2,9-10H2,3-6H3;1,3,7-8H2,2,4-6H3. The van der Waals surface area contributed by atoms with Crippen molar-refractivity contribution in [3.63, 3.8) is 0 Å². The third kappa shape index (κ3) is 17.9. The molecule has 0 spiro atoms. The molecule has 0 amide bonds. The van der Waals surface area contributed by atoms with Gasteiger partial charge in [-0.05, 0) is 68.2 Å². The number of hydrogen-bond acceptors (Lipinski definition) is 8. The molecule has 0 aromatic rings. The van der Waals surface area contributed by atoms with E-state index in [0.29, 0.717) is 30.4 Å². The lowest BCUT2D eigenvalue weighted by Crippen LogP contribution is -2.33. The van der Waals surface area contributed by atoms with Gasteiger partial charge in [0.2, 0.25) is 0 Å². The Labute approximate surface area is 210 Å². The highest BCUT2D eigenvalue weighted by atomic mass is 16.6. The molecule has 0 aliphatic carbocycles. The number of ether oxygens (including phenoxy) is 4. The molecule has 0 N–H and O–H groups in total. The second kappa shape index (κ2) is 15.0. The summed E-state index contributed by atoms with van der Waals surface area (Å²) in [5.74, 6) is -1.80. The van der Waals surface area contributed by atoms with Crippen LogP contribution < -0.4 is 0 Å². The quantitative estimate of drug-likeness (QED) is 0.196. The zero-order valence-electron chi connectivity index (χ0n) is 22.6. The van der Waals surface area contributed by atoms with Crippen LogP contribution in [0, 0.1) is 0 Å². The topological polar surface area (TPSA) is 105 Å². The lowest BCUT2D eigenvalue weighted by atomic mass is 9.93. The number of rotatable bonds is 13. The molecule has 0 saturated heterocycles. The molecule has 0 aliphatic heterocycles. The van der Waals surface area contributed by atoms with Crippen LogP contribution in [0.2, 0.25) is 0 Å². The molecule has 8 heteroatoms. The van der Waals surface area contributed by atoms with Crippen LogP contribution in [-0.4, -0.2) is 47.3 Å². The van der Waals surface area contributed by atoms with Gasteiger partial charge in [-0.2, -0.15) is 0 Å². The van der Waals surface area contributed by atoms with E-state index in [2.05, 4.69) is 26.3 Å². The molecule has 0 bridgehead atoms. The van der Waals surface area contributed by atoms with Gasteiger partial charge < -0.3 is 18.9 Å². The minimum Gasteiger partial charge on any atom is -0.462 e. The summed E-state index contributed by atoms with van der Waals surface area (Å²) in [6.45, 7) is 27.7. The summed E-state index contributed by atoms with van der Waals surface area (Å²) in [6.07, 6.45) is 3.83. The van der Waals surface area contributed by atoms with E-state index in [1.54, 1.807) is 55.4 Å². The lowest BCUT2D eigenvalue weighted by molar-refractivity contribution is -0.157. The van der Waals surface area contributed by atoms with Crippen molar-refractivity contribution < 1.29 is 38.1 Å². The van der Waals surface area contributed by atoms with Crippen molar-refractivity contribution in [2.24, 2.45) is 0 Å². The molecule has 198 valence electrons. The Kier molecular flexibility index (Phi) is 14.5. The largest absolute Gasteiger partial charge is 0.462 e. The van der Waals surface area contributed by atoms with E-state index in [1.165, 1.54) is 0 Å². The normalized spacial score (nSPS) is 11.1. The van der Waals surface area contributed by atoms with E-state index in [9.17, 15) is 19.2 Å². The summed E-state index contributed by atoms with van der Waals surface area (Å²) in [4.78, 5) is 44.7. The van der Waals surface area contributed by atoms with Crippen LogP contribution in [0.1, 0.15) is 74.7 Å². The van der Waals surface area contributed by atoms with Crippen molar-refractivity contribution in [2.75, 3.05) is 6.61 Å². The maximum Gasteiger partial charge on any atom is 0.333 e. The van der Waals surface area contributed by atoms with Crippen LogP contribution in [0.15, 0.2) is 49.6 Å². The molecular weight excluding hydrogens is 452 g/mol. The molecular formula is C27H42O8. The van der Waals surface area contributed by atoms with Gasteiger partial charge in [0.05, 0.1) is 6.61 Å². The minimum atomic E-state index is -0.689. The Morgan fingerprint density at radius 1 is 0.629 bits per heavy atom. The molecule has 0 rings (SSSR count). The van der Waals surface area contributed by atoms with E-state index < -0.39 is 40.7 Å². The predicted molar refractivity (Wildman–Crippen MR) is 135 cm³/mol. The maximum atomic E-state index is 11.3. The third-order valence-electron chi connectivity index (χ3n) is 4.42. The smallest absolute Gasteiger partial charge is 0.333 e. The van der Waals surface area contributed by atoms with E-state index in [-0.39, 0.29) is 6.61 Å². The summed E-state index contributed by atoms with van der Waals surface area (Å²) < 4.78 is 20.5. The number of carbonyl (C=O) groups excluding carboxylic acids is 4. The first-order valence-electron chi connectivity index (χ1n) is 11.2.